The summed E-state index contributed by atoms with van der Waals surface area (Å²) in [4.78, 5) is 14.4. The molecule has 1 fully saturated rings. The number of halogens is 2. The molecule has 1 amide bonds. The Kier molecular flexibility index (Phi) is 5.84. The van der Waals surface area contributed by atoms with Crippen LogP contribution in [-0.2, 0) is 4.79 Å². The van der Waals surface area contributed by atoms with Gasteiger partial charge in [-0.15, -0.1) is 0 Å². The lowest BCUT2D eigenvalue weighted by atomic mass is 9.65. The molecule has 5 nitrogen and oxygen atoms in total. The highest BCUT2D eigenvalue weighted by Crippen LogP contribution is 2.52. The second kappa shape index (κ2) is 8.66. The zero-order valence-corrected chi connectivity index (χ0v) is 21.6. The molecule has 33 heavy (non-hydrogen) atoms. The van der Waals surface area contributed by atoms with Crippen molar-refractivity contribution in [1.82, 2.24) is 10.6 Å². The normalized spacial score (nSPS) is 24.5. The molecule has 1 saturated heterocycles. The van der Waals surface area contributed by atoms with Crippen LogP contribution in [-0.4, -0.2) is 16.7 Å². The van der Waals surface area contributed by atoms with E-state index in [0.717, 1.165) is 31.5 Å². The fraction of sp³-hybridized carbons (Fsp3) is 0.160. The van der Waals surface area contributed by atoms with Crippen molar-refractivity contribution in [3.05, 3.63) is 98.9 Å². The topological polar surface area (TPSA) is 56.7 Å². The Morgan fingerprint density at radius 2 is 1.33 bits per heavy atom. The van der Waals surface area contributed by atoms with Crippen molar-refractivity contribution < 1.29 is 4.79 Å². The molecule has 2 aliphatic heterocycles. The molecule has 8 heteroatoms. The number of nitrogens with one attached hydrogen (secondary N) is 2. The second-order valence-corrected chi connectivity index (χ2v) is 10.3. The minimum atomic E-state index is -1.03. The number of benzene rings is 3. The number of para-hydroxylation sites is 1. The van der Waals surface area contributed by atoms with Gasteiger partial charge in [-0.25, -0.2) is 0 Å². The van der Waals surface area contributed by atoms with Crippen LogP contribution in [0, 0.1) is 5.41 Å². The predicted octanol–water partition coefficient (Wildman–Crippen LogP) is 5.88. The Bertz CT molecular complexity index is 1190. The fourth-order valence-electron chi connectivity index (χ4n) is 4.72. The quantitative estimate of drug-likeness (QED) is 0.378. The molecule has 1 spiro atoms. The molecule has 3 aromatic rings. The molecule has 0 aromatic heterocycles. The molecule has 0 saturated carbocycles. The minimum Gasteiger partial charge on any atom is -0.354 e. The number of amides is 1. The standard InChI is InChI=1S/C25H20Br2N4OS/c1-15-25(23(32)31(30-15)20-5-3-2-4-6-20)21(16-7-11-18(26)12-8-16)28-24(33)29-22(25)17-9-13-19(27)14-10-17/h2-14,21-22H,1H3,(H2,28,29,33)/t21-,22+,25?. The highest BCUT2D eigenvalue weighted by atomic mass is 79.9. The molecule has 2 aliphatic rings. The van der Waals surface area contributed by atoms with Crippen molar-refractivity contribution in [2.24, 2.45) is 10.5 Å². The largest absolute Gasteiger partial charge is 0.354 e. The average Bonchev–Trinajstić information content (AvgIpc) is 3.08. The van der Waals surface area contributed by atoms with Gasteiger partial charge >= 0.3 is 0 Å². The summed E-state index contributed by atoms with van der Waals surface area (Å²) in [6.45, 7) is 1.93. The third kappa shape index (κ3) is 3.70. The van der Waals surface area contributed by atoms with E-state index in [1.807, 2.05) is 85.8 Å². The maximum absolute atomic E-state index is 14.4. The van der Waals surface area contributed by atoms with Gasteiger partial charge in [0.25, 0.3) is 5.91 Å². The Morgan fingerprint density at radius 1 is 0.848 bits per heavy atom. The molecule has 166 valence electrons. The van der Waals surface area contributed by atoms with Crippen molar-refractivity contribution in [2.45, 2.75) is 19.0 Å². The molecular formula is C25H20Br2N4OS. The van der Waals surface area contributed by atoms with Crippen molar-refractivity contribution in [3.63, 3.8) is 0 Å². The number of thiocarbonyl (C=S) groups is 1. The van der Waals surface area contributed by atoms with E-state index in [1.54, 1.807) is 0 Å². The average molecular weight is 584 g/mol. The SMILES string of the molecule is CC1=NN(c2ccccc2)C(=O)C12[C@@H](c1ccc(Br)cc1)NC(=S)N[C@H]2c1ccc(Br)cc1. The summed E-state index contributed by atoms with van der Waals surface area (Å²) in [5.74, 6) is -0.102. The number of carbonyl (C=O) groups is 1. The number of hydrogen-bond acceptors (Lipinski definition) is 3. The summed E-state index contributed by atoms with van der Waals surface area (Å²) in [5, 5.41) is 13.6. The van der Waals surface area contributed by atoms with E-state index >= 15 is 0 Å². The van der Waals surface area contributed by atoms with Crippen molar-refractivity contribution >= 4 is 66.5 Å². The van der Waals surface area contributed by atoms with Gasteiger partial charge in [0.15, 0.2) is 5.11 Å². The minimum absolute atomic E-state index is 0.102. The number of hydrazone groups is 1. The maximum atomic E-state index is 14.4. The van der Waals surface area contributed by atoms with Gasteiger partial charge in [-0.1, -0.05) is 74.3 Å². The van der Waals surface area contributed by atoms with Crippen LogP contribution in [0.4, 0.5) is 5.69 Å². The molecule has 2 heterocycles. The first kappa shape index (κ1) is 22.3. The van der Waals surface area contributed by atoms with Crippen molar-refractivity contribution in [3.8, 4) is 0 Å². The van der Waals surface area contributed by atoms with Crippen LogP contribution >= 0.6 is 44.1 Å². The van der Waals surface area contributed by atoms with Gasteiger partial charge in [-0.2, -0.15) is 10.1 Å². The van der Waals surface area contributed by atoms with Gasteiger partial charge in [-0.05, 0) is 66.7 Å². The van der Waals surface area contributed by atoms with E-state index in [-0.39, 0.29) is 5.91 Å². The van der Waals surface area contributed by atoms with E-state index in [0.29, 0.717) is 5.11 Å². The number of rotatable bonds is 3. The second-order valence-electron chi connectivity index (χ2n) is 8.09. The van der Waals surface area contributed by atoms with Crippen molar-refractivity contribution in [2.75, 3.05) is 5.01 Å². The van der Waals surface area contributed by atoms with E-state index in [2.05, 4.69) is 42.5 Å². The third-order valence-electron chi connectivity index (χ3n) is 6.26. The first-order valence-electron chi connectivity index (χ1n) is 10.4. The number of anilines is 1. The van der Waals surface area contributed by atoms with Gasteiger partial charge in [0.2, 0.25) is 0 Å². The first-order valence-corrected chi connectivity index (χ1v) is 12.4. The van der Waals surface area contributed by atoms with Crippen LogP contribution in [0.2, 0.25) is 0 Å². The van der Waals surface area contributed by atoms with Gasteiger partial charge < -0.3 is 10.6 Å². The summed E-state index contributed by atoms with van der Waals surface area (Å²) < 4.78 is 1.94. The van der Waals surface area contributed by atoms with E-state index in [4.69, 9.17) is 17.3 Å². The highest BCUT2D eigenvalue weighted by Gasteiger charge is 2.62. The zero-order chi connectivity index (χ0) is 23.2. The Morgan fingerprint density at radius 3 is 1.82 bits per heavy atom. The summed E-state index contributed by atoms with van der Waals surface area (Å²) in [6.07, 6.45) is 0. The molecule has 2 N–H and O–H groups in total. The molecule has 3 atom stereocenters. The van der Waals surface area contributed by atoms with Gasteiger partial charge in [0.1, 0.15) is 5.41 Å². The lowest BCUT2D eigenvalue weighted by Crippen LogP contribution is -2.63. The Hall–Kier alpha value is -2.55. The molecular weight excluding hydrogens is 564 g/mol. The maximum Gasteiger partial charge on any atom is 0.264 e. The number of hydrogen-bond donors (Lipinski definition) is 2. The van der Waals surface area contributed by atoms with Gasteiger partial charge in [0, 0.05) is 8.95 Å². The lowest BCUT2D eigenvalue weighted by Gasteiger charge is -2.47. The molecule has 0 aliphatic carbocycles. The van der Waals surface area contributed by atoms with Gasteiger partial charge in [0.05, 0.1) is 23.5 Å². The highest BCUT2D eigenvalue weighted by molar-refractivity contribution is 9.10. The Balaban J connectivity index is 1.72. The smallest absolute Gasteiger partial charge is 0.264 e. The molecule has 3 aromatic carbocycles. The lowest BCUT2D eigenvalue weighted by molar-refractivity contribution is -0.126. The predicted molar refractivity (Wildman–Crippen MR) is 142 cm³/mol. The summed E-state index contributed by atoms with van der Waals surface area (Å²) >= 11 is 12.7. The number of carbonyl (C=O) groups excluding carboxylic acids is 1. The zero-order valence-electron chi connectivity index (χ0n) is 17.6. The van der Waals surface area contributed by atoms with Crippen LogP contribution in [0.5, 0.6) is 0 Å². The van der Waals surface area contributed by atoms with E-state index in [9.17, 15) is 4.79 Å². The summed E-state index contributed by atoms with van der Waals surface area (Å²) in [6, 6.07) is 24.7. The molecule has 5 rings (SSSR count). The molecule has 0 bridgehead atoms. The summed E-state index contributed by atoms with van der Waals surface area (Å²) in [5.41, 5.74) is 2.35. The van der Waals surface area contributed by atoms with Crippen LogP contribution in [0.1, 0.15) is 30.1 Å². The first-order chi connectivity index (χ1) is 15.9. The van der Waals surface area contributed by atoms with Crippen LogP contribution < -0.4 is 15.6 Å². The van der Waals surface area contributed by atoms with E-state index in [1.165, 1.54) is 5.01 Å². The van der Waals surface area contributed by atoms with E-state index < -0.39 is 17.5 Å². The van der Waals surface area contributed by atoms with Crippen LogP contribution in [0.15, 0.2) is 92.9 Å². The third-order valence-corrected chi connectivity index (χ3v) is 7.56. The monoisotopic (exact) mass is 582 g/mol. The Labute approximate surface area is 214 Å². The number of nitrogens with zero attached hydrogens (tertiary/aromatic N) is 2. The molecule has 0 radical (unpaired) electrons. The summed E-state index contributed by atoms with van der Waals surface area (Å²) in [7, 11) is 0. The van der Waals surface area contributed by atoms with Crippen molar-refractivity contribution in [1.29, 1.82) is 0 Å². The molecule has 1 unspecified atom stereocenters. The van der Waals surface area contributed by atoms with Crippen LogP contribution in [0.25, 0.3) is 0 Å². The van der Waals surface area contributed by atoms with Crippen LogP contribution in [0.3, 0.4) is 0 Å². The van der Waals surface area contributed by atoms with Gasteiger partial charge in [-0.3, -0.25) is 4.79 Å². The fourth-order valence-corrected chi connectivity index (χ4v) is 5.48.